The molecule has 0 aromatic heterocycles. The van der Waals surface area contributed by atoms with Crippen molar-refractivity contribution in [2.75, 3.05) is 20.7 Å². The van der Waals surface area contributed by atoms with Crippen LogP contribution in [0.4, 0.5) is 0 Å². The van der Waals surface area contributed by atoms with Crippen LogP contribution in [0, 0.1) is 20.8 Å². The molecule has 0 aliphatic rings. The first-order valence-electron chi connectivity index (χ1n) is 6.70. The summed E-state index contributed by atoms with van der Waals surface area (Å²) in [6, 6.07) is 2.09. The zero-order valence-electron chi connectivity index (χ0n) is 13.3. The molecule has 0 atom stereocenters. The first kappa shape index (κ1) is 16.0. The fourth-order valence-electron chi connectivity index (χ4n) is 2.54. The Labute approximate surface area is 117 Å². The maximum absolute atomic E-state index is 9.88. The van der Waals surface area contributed by atoms with E-state index in [0.717, 1.165) is 12.3 Å². The van der Waals surface area contributed by atoms with E-state index in [2.05, 4.69) is 31.7 Å². The van der Waals surface area contributed by atoms with Crippen molar-refractivity contribution in [3.05, 3.63) is 28.3 Å². The molecule has 0 aliphatic carbocycles. The monoisotopic (exact) mass is 265 g/mol. The van der Waals surface area contributed by atoms with E-state index in [0.29, 0.717) is 6.54 Å². The molecule has 3 nitrogen and oxygen atoms in total. The number of benzene rings is 1. The van der Waals surface area contributed by atoms with Crippen molar-refractivity contribution < 1.29 is 9.84 Å². The Morgan fingerprint density at radius 3 is 2.26 bits per heavy atom. The first-order valence-corrected chi connectivity index (χ1v) is 6.70. The van der Waals surface area contributed by atoms with Gasteiger partial charge in [0, 0.05) is 13.1 Å². The molecule has 0 aliphatic heterocycles. The second kappa shape index (κ2) is 5.93. The number of aliphatic hydroxyl groups is 1. The van der Waals surface area contributed by atoms with Crippen LogP contribution in [0.25, 0.3) is 0 Å². The molecule has 19 heavy (non-hydrogen) atoms. The zero-order chi connectivity index (χ0) is 14.8. The highest BCUT2D eigenvalue weighted by molar-refractivity contribution is 5.48. The Kier molecular flexibility index (Phi) is 4.99. The summed E-state index contributed by atoms with van der Waals surface area (Å²) in [6.07, 6.45) is 0. The number of likely N-dealkylation sites (N-methyl/N-ethyl adjacent to an activating group) is 1. The molecule has 0 radical (unpaired) electrons. The minimum Gasteiger partial charge on any atom is -0.496 e. The smallest absolute Gasteiger partial charge is 0.122 e. The van der Waals surface area contributed by atoms with Gasteiger partial charge < -0.3 is 9.84 Å². The van der Waals surface area contributed by atoms with Gasteiger partial charge in [-0.2, -0.15) is 0 Å². The van der Waals surface area contributed by atoms with Gasteiger partial charge in [-0.1, -0.05) is 0 Å². The summed E-state index contributed by atoms with van der Waals surface area (Å²) in [5.41, 5.74) is 4.37. The van der Waals surface area contributed by atoms with Crippen LogP contribution < -0.4 is 4.74 Å². The van der Waals surface area contributed by atoms with Crippen LogP contribution in [-0.2, 0) is 6.54 Å². The van der Waals surface area contributed by atoms with Crippen LogP contribution in [0.3, 0.4) is 0 Å². The van der Waals surface area contributed by atoms with Gasteiger partial charge in [0.05, 0.1) is 12.7 Å². The van der Waals surface area contributed by atoms with E-state index in [4.69, 9.17) is 4.74 Å². The van der Waals surface area contributed by atoms with Crippen molar-refractivity contribution >= 4 is 0 Å². The Hall–Kier alpha value is -1.06. The lowest BCUT2D eigenvalue weighted by molar-refractivity contribution is 0.0423. The molecule has 0 spiro atoms. The largest absolute Gasteiger partial charge is 0.496 e. The molecule has 0 saturated heterocycles. The fourth-order valence-corrected chi connectivity index (χ4v) is 2.54. The fraction of sp³-hybridized carbons (Fsp3) is 0.625. The summed E-state index contributed by atoms with van der Waals surface area (Å²) in [6.45, 7) is 11.5. The third-order valence-electron chi connectivity index (χ3n) is 3.51. The highest BCUT2D eigenvalue weighted by atomic mass is 16.5. The van der Waals surface area contributed by atoms with Gasteiger partial charge in [-0.25, -0.2) is 0 Å². The average Bonchev–Trinajstić information content (AvgIpc) is 2.27. The third kappa shape index (κ3) is 4.22. The molecule has 3 heteroatoms. The Balaban J connectivity index is 2.99. The SMILES string of the molecule is COc1cc(C)c(CN(C)CC(C)(C)O)c(C)c1C. The maximum atomic E-state index is 9.88. The lowest BCUT2D eigenvalue weighted by atomic mass is 9.96. The van der Waals surface area contributed by atoms with Crippen molar-refractivity contribution in [1.82, 2.24) is 4.90 Å². The number of ether oxygens (including phenoxy) is 1. The van der Waals surface area contributed by atoms with Gasteiger partial charge in [0.25, 0.3) is 0 Å². The minimum atomic E-state index is -0.669. The van der Waals surface area contributed by atoms with Gasteiger partial charge in [-0.05, 0) is 70.0 Å². The number of methoxy groups -OCH3 is 1. The average molecular weight is 265 g/mol. The van der Waals surface area contributed by atoms with Gasteiger partial charge in [-0.3, -0.25) is 4.90 Å². The van der Waals surface area contributed by atoms with Gasteiger partial charge in [0.1, 0.15) is 5.75 Å². The predicted molar refractivity (Wildman–Crippen MR) is 79.8 cm³/mol. The molecular weight excluding hydrogens is 238 g/mol. The van der Waals surface area contributed by atoms with E-state index >= 15 is 0 Å². The number of hydrogen-bond acceptors (Lipinski definition) is 3. The second-order valence-electron chi connectivity index (χ2n) is 6.11. The van der Waals surface area contributed by atoms with Gasteiger partial charge in [-0.15, -0.1) is 0 Å². The van der Waals surface area contributed by atoms with Crippen molar-refractivity contribution in [3.8, 4) is 5.75 Å². The van der Waals surface area contributed by atoms with Gasteiger partial charge in [0.15, 0.2) is 0 Å². The van der Waals surface area contributed by atoms with E-state index < -0.39 is 5.60 Å². The minimum absolute atomic E-state index is 0.650. The summed E-state index contributed by atoms with van der Waals surface area (Å²) < 4.78 is 5.39. The lowest BCUT2D eigenvalue weighted by Crippen LogP contribution is -2.36. The highest BCUT2D eigenvalue weighted by Gasteiger charge is 2.18. The summed E-state index contributed by atoms with van der Waals surface area (Å²) in [5, 5.41) is 9.88. The Morgan fingerprint density at radius 2 is 1.79 bits per heavy atom. The molecule has 1 aromatic rings. The standard InChI is InChI=1S/C16H27NO2/c1-11-8-15(19-7)13(3)12(2)14(11)9-17(6)10-16(4,5)18/h8,18H,9-10H2,1-7H3. The first-order chi connectivity index (χ1) is 8.65. The van der Waals surface area contributed by atoms with E-state index in [1.807, 2.05) is 20.9 Å². The molecule has 0 heterocycles. The Morgan fingerprint density at radius 1 is 1.21 bits per heavy atom. The molecule has 0 fully saturated rings. The summed E-state index contributed by atoms with van der Waals surface area (Å²) in [4.78, 5) is 2.15. The van der Waals surface area contributed by atoms with Crippen LogP contribution in [-0.4, -0.2) is 36.3 Å². The van der Waals surface area contributed by atoms with Crippen molar-refractivity contribution in [2.24, 2.45) is 0 Å². The third-order valence-corrected chi connectivity index (χ3v) is 3.51. The molecule has 0 saturated carbocycles. The molecule has 1 aromatic carbocycles. The van der Waals surface area contributed by atoms with Gasteiger partial charge in [0.2, 0.25) is 0 Å². The Bertz CT molecular complexity index is 447. The van der Waals surface area contributed by atoms with Crippen LogP contribution in [0.2, 0.25) is 0 Å². The van der Waals surface area contributed by atoms with E-state index in [1.165, 1.54) is 22.3 Å². The van der Waals surface area contributed by atoms with E-state index in [-0.39, 0.29) is 0 Å². The van der Waals surface area contributed by atoms with Crippen molar-refractivity contribution in [1.29, 1.82) is 0 Å². The quantitative estimate of drug-likeness (QED) is 0.888. The summed E-state index contributed by atoms with van der Waals surface area (Å²) in [5.74, 6) is 0.948. The number of rotatable bonds is 5. The topological polar surface area (TPSA) is 32.7 Å². The second-order valence-corrected chi connectivity index (χ2v) is 6.11. The molecule has 0 amide bonds. The number of nitrogens with zero attached hydrogens (tertiary/aromatic N) is 1. The number of hydrogen-bond donors (Lipinski definition) is 1. The summed E-state index contributed by atoms with van der Waals surface area (Å²) >= 11 is 0. The van der Waals surface area contributed by atoms with Crippen LogP contribution >= 0.6 is 0 Å². The normalized spacial score (nSPS) is 12.1. The van der Waals surface area contributed by atoms with E-state index in [1.54, 1.807) is 7.11 Å². The molecule has 0 unspecified atom stereocenters. The van der Waals surface area contributed by atoms with Crippen LogP contribution in [0.15, 0.2) is 6.07 Å². The maximum Gasteiger partial charge on any atom is 0.122 e. The summed E-state index contributed by atoms with van der Waals surface area (Å²) in [7, 11) is 3.75. The van der Waals surface area contributed by atoms with Crippen molar-refractivity contribution in [3.63, 3.8) is 0 Å². The van der Waals surface area contributed by atoms with Crippen LogP contribution in [0.5, 0.6) is 5.75 Å². The van der Waals surface area contributed by atoms with Gasteiger partial charge >= 0.3 is 0 Å². The molecule has 108 valence electrons. The van der Waals surface area contributed by atoms with E-state index in [9.17, 15) is 5.11 Å². The van der Waals surface area contributed by atoms with Crippen molar-refractivity contribution in [2.45, 2.75) is 46.8 Å². The molecular formula is C16H27NO2. The molecule has 1 rings (SSSR count). The molecule has 1 N–H and O–H groups in total. The lowest BCUT2D eigenvalue weighted by Gasteiger charge is -2.27. The van der Waals surface area contributed by atoms with Crippen LogP contribution in [0.1, 0.15) is 36.1 Å². The number of aryl methyl sites for hydroxylation is 1. The predicted octanol–water partition coefficient (Wildman–Crippen LogP) is 2.82. The highest BCUT2D eigenvalue weighted by Crippen LogP contribution is 2.28. The zero-order valence-corrected chi connectivity index (χ0v) is 13.3. The molecule has 0 bridgehead atoms.